The van der Waals surface area contributed by atoms with Crippen molar-refractivity contribution in [3.05, 3.63) is 37.1 Å². The molecule has 0 aliphatic heterocycles. The Morgan fingerprint density at radius 3 is 3.00 bits per heavy atom. The summed E-state index contributed by atoms with van der Waals surface area (Å²) in [7, 11) is 0. The minimum atomic E-state index is 0.330. The van der Waals surface area contributed by atoms with Gasteiger partial charge in [-0.1, -0.05) is 0 Å². The molecule has 96 valence electrons. The van der Waals surface area contributed by atoms with Crippen molar-refractivity contribution in [3.8, 4) is 0 Å². The molecule has 0 saturated carbocycles. The molecular weight excluding hydrogens is 226 g/mol. The van der Waals surface area contributed by atoms with E-state index in [2.05, 4.69) is 39.0 Å². The predicted molar refractivity (Wildman–Crippen MR) is 73.7 cm³/mol. The van der Waals surface area contributed by atoms with Gasteiger partial charge in [0.05, 0.1) is 6.33 Å². The molecule has 0 spiro atoms. The molecule has 1 atom stereocenters. The van der Waals surface area contributed by atoms with E-state index in [0.29, 0.717) is 6.04 Å². The molecule has 2 rings (SSSR count). The van der Waals surface area contributed by atoms with E-state index < -0.39 is 0 Å². The van der Waals surface area contributed by atoms with Crippen LogP contribution in [0.4, 0.5) is 11.5 Å². The number of anilines is 2. The van der Waals surface area contributed by atoms with Crippen LogP contribution in [0, 0.1) is 0 Å². The fourth-order valence-electron chi connectivity index (χ4n) is 1.84. The summed E-state index contributed by atoms with van der Waals surface area (Å²) >= 11 is 0. The summed E-state index contributed by atoms with van der Waals surface area (Å²) in [6.07, 6.45) is 7.40. The Hall–Kier alpha value is -2.04. The molecule has 0 fully saturated rings. The zero-order chi connectivity index (χ0) is 12.8. The van der Waals surface area contributed by atoms with Gasteiger partial charge in [-0.25, -0.2) is 9.97 Å². The second-order valence-electron chi connectivity index (χ2n) is 4.26. The third-order valence-electron chi connectivity index (χ3n) is 2.57. The van der Waals surface area contributed by atoms with Gasteiger partial charge < -0.3 is 15.2 Å². The monoisotopic (exact) mass is 245 g/mol. The number of hydrogen-bond acceptors (Lipinski definition) is 4. The van der Waals surface area contributed by atoms with Crippen LogP contribution in [0.25, 0.3) is 0 Å². The Morgan fingerprint density at radius 2 is 2.28 bits per heavy atom. The Labute approximate surface area is 107 Å². The highest BCUT2D eigenvalue weighted by molar-refractivity contribution is 5.52. The number of pyridine rings is 1. The first kappa shape index (κ1) is 12.4. The van der Waals surface area contributed by atoms with Crippen LogP contribution in [-0.4, -0.2) is 27.1 Å². The van der Waals surface area contributed by atoms with E-state index in [1.807, 2.05) is 30.9 Å². The van der Waals surface area contributed by atoms with Crippen molar-refractivity contribution in [3.63, 3.8) is 0 Å². The van der Waals surface area contributed by atoms with E-state index in [1.54, 1.807) is 6.20 Å². The van der Waals surface area contributed by atoms with Crippen LogP contribution in [0.1, 0.15) is 13.8 Å². The van der Waals surface area contributed by atoms with Crippen molar-refractivity contribution in [2.45, 2.75) is 26.4 Å². The summed E-state index contributed by atoms with van der Waals surface area (Å²) in [6, 6.07) is 4.33. The Balaban J connectivity index is 1.93. The highest BCUT2D eigenvalue weighted by Crippen LogP contribution is 2.13. The third kappa shape index (κ3) is 3.48. The van der Waals surface area contributed by atoms with Gasteiger partial charge in [-0.15, -0.1) is 0 Å². The van der Waals surface area contributed by atoms with Crippen LogP contribution in [-0.2, 0) is 6.54 Å². The van der Waals surface area contributed by atoms with Gasteiger partial charge in [0.1, 0.15) is 5.82 Å². The molecule has 0 aromatic carbocycles. The molecule has 0 radical (unpaired) electrons. The van der Waals surface area contributed by atoms with Gasteiger partial charge in [-0.05, 0) is 19.9 Å². The molecule has 0 amide bonds. The smallest absolute Gasteiger partial charge is 0.127 e. The molecule has 0 saturated heterocycles. The molecule has 2 heterocycles. The summed E-state index contributed by atoms with van der Waals surface area (Å²) in [4.78, 5) is 8.28. The number of aromatic nitrogens is 3. The fraction of sp³-hybridized carbons (Fsp3) is 0.385. The maximum Gasteiger partial charge on any atom is 0.127 e. The van der Waals surface area contributed by atoms with Crippen molar-refractivity contribution >= 4 is 11.5 Å². The lowest BCUT2D eigenvalue weighted by Gasteiger charge is -2.16. The average Bonchev–Trinajstić information content (AvgIpc) is 2.82. The first-order valence-electron chi connectivity index (χ1n) is 6.20. The minimum absolute atomic E-state index is 0.330. The van der Waals surface area contributed by atoms with E-state index in [9.17, 15) is 0 Å². The molecule has 0 aliphatic rings. The molecule has 18 heavy (non-hydrogen) atoms. The van der Waals surface area contributed by atoms with Crippen molar-refractivity contribution in [1.82, 2.24) is 14.5 Å². The SMILES string of the molecule is CCNc1cc(NC(C)Cn2ccnc2)ccn1. The zero-order valence-electron chi connectivity index (χ0n) is 10.8. The van der Waals surface area contributed by atoms with Gasteiger partial charge in [-0.3, -0.25) is 0 Å². The molecule has 5 heteroatoms. The van der Waals surface area contributed by atoms with Crippen LogP contribution in [0.15, 0.2) is 37.1 Å². The highest BCUT2D eigenvalue weighted by Gasteiger charge is 2.03. The van der Waals surface area contributed by atoms with Crippen molar-refractivity contribution in [1.29, 1.82) is 0 Å². The Bertz CT molecular complexity index is 466. The maximum absolute atomic E-state index is 4.25. The first-order chi connectivity index (χ1) is 8.78. The first-order valence-corrected chi connectivity index (χ1v) is 6.20. The number of nitrogens with one attached hydrogen (secondary N) is 2. The quantitative estimate of drug-likeness (QED) is 0.819. The molecule has 0 aliphatic carbocycles. The van der Waals surface area contributed by atoms with E-state index in [4.69, 9.17) is 0 Å². The lowest BCUT2D eigenvalue weighted by atomic mass is 10.3. The van der Waals surface area contributed by atoms with Gasteiger partial charge in [0, 0.05) is 49.5 Å². The highest BCUT2D eigenvalue weighted by atomic mass is 15.1. The summed E-state index contributed by atoms with van der Waals surface area (Å²) in [5, 5.41) is 6.65. The normalized spacial score (nSPS) is 12.1. The second kappa shape index (κ2) is 6.05. The van der Waals surface area contributed by atoms with E-state index in [1.165, 1.54) is 0 Å². The van der Waals surface area contributed by atoms with E-state index in [-0.39, 0.29) is 0 Å². The molecule has 1 unspecified atom stereocenters. The van der Waals surface area contributed by atoms with Crippen molar-refractivity contribution < 1.29 is 0 Å². The number of hydrogen-bond donors (Lipinski definition) is 2. The van der Waals surface area contributed by atoms with Crippen LogP contribution < -0.4 is 10.6 Å². The van der Waals surface area contributed by atoms with E-state index in [0.717, 1.165) is 24.6 Å². The van der Waals surface area contributed by atoms with Crippen molar-refractivity contribution in [2.24, 2.45) is 0 Å². The topological polar surface area (TPSA) is 54.8 Å². The number of rotatable bonds is 6. The number of imidazole rings is 1. The summed E-state index contributed by atoms with van der Waals surface area (Å²) in [5.41, 5.74) is 1.08. The van der Waals surface area contributed by atoms with Gasteiger partial charge in [0.25, 0.3) is 0 Å². The largest absolute Gasteiger partial charge is 0.381 e. The molecule has 2 aromatic heterocycles. The summed E-state index contributed by atoms with van der Waals surface area (Å²) in [6.45, 7) is 5.97. The standard InChI is InChI=1S/C13H19N5/c1-3-15-13-8-12(4-5-16-13)17-11(2)9-18-7-6-14-10-18/h4-8,10-11H,3,9H2,1-2H3,(H2,15,16,17). The molecule has 2 N–H and O–H groups in total. The predicted octanol–water partition coefficient (Wildman–Crippen LogP) is 2.21. The molecular formula is C13H19N5. The van der Waals surface area contributed by atoms with Crippen LogP contribution in [0.3, 0.4) is 0 Å². The molecule has 5 nitrogen and oxygen atoms in total. The second-order valence-corrected chi connectivity index (χ2v) is 4.26. The number of nitrogens with zero attached hydrogens (tertiary/aromatic N) is 3. The summed E-state index contributed by atoms with van der Waals surface area (Å²) < 4.78 is 2.06. The third-order valence-corrected chi connectivity index (χ3v) is 2.57. The average molecular weight is 245 g/mol. The van der Waals surface area contributed by atoms with Gasteiger partial charge in [-0.2, -0.15) is 0 Å². The maximum atomic E-state index is 4.25. The zero-order valence-corrected chi connectivity index (χ0v) is 10.8. The van der Waals surface area contributed by atoms with Crippen LogP contribution in [0.2, 0.25) is 0 Å². The summed E-state index contributed by atoms with van der Waals surface area (Å²) in [5.74, 6) is 0.900. The van der Waals surface area contributed by atoms with Gasteiger partial charge in [0.2, 0.25) is 0 Å². The van der Waals surface area contributed by atoms with Gasteiger partial charge >= 0.3 is 0 Å². The minimum Gasteiger partial charge on any atom is -0.381 e. The van der Waals surface area contributed by atoms with E-state index >= 15 is 0 Å². The lowest BCUT2D eigenvalue weighted by molar-refractivity contribution is 0.619. The fourth-order valence-corrected chi connectivity index (χ4v) is 1.84. The van der Waals surface area contributed by atoms with Gasteiger partial charge in [0.15, 0.2) is 0 Å². The molecule has 2 aromatic rings. The molecule has 0 bridgehead atoms. The Morgan fingerprint density at radius 1 is 1.39 bits per heavy atom. The van der Waals surface area contributed by atoms with Crippen LogP contribution in [0.5, 0.6) is 0 Å². The van der Waals surface area contributed by atoms with Crippen LogP contribution >= 0.6 is 0 Å². The van der Waals surface area contributed by atoms with Crippen molar-refractivity contribution in [2.75, 3.05) is 17.2 Å². The lowest BCUT2D eigenvalue weighted by Crippen LogP contribution is -2.21. The Kier molecular flexibility index (Phi) is 4.17.